The van der Waals surface area contributed by atoms with Gasteiger partial charge in [0.2, 0.25) is 18.2 Å². The zero-order valence-corrected chi connectivity index (χ0v) is 17.0. The summed E-state index contributed by atoms with van der Waals surface area (Å²) in [6, 6.07) is 3.49. The molecular formula is C19H23Cl2N3O4. The van der Waals surface area contributed by atoms with Crippen LogP contribution in [-0.2, 0) is 27.5 Å². The summed E-state index contributed by atoms with van der Waals surface area (Å²) < 4.78 is 0. The molecule has 1 aliphatic carbocycles. The van der Waals surface area contributed by atoms with Gasteiger partial charge in [-0.15, -0.1) is 0 Å². The minimum absolute atomic E-state index is 0.0414. The lowest BCUT2D eigenvalue weighted by Crippen LogP contribution is -2.59. The van der Waals surface area contributed by atoms with E-state index < -0.39 is 18.1 Å². The maximum Gasteiger partial charge on any atom is 0.245 e. The average Bonchev–Trinajstić information content (AvgIpc) is 3.46. The molecule has 0 aromatic heterocycles. The molecule has 0 bridgehead atoms. The fourth-order valence-electron chi connectivity index (χ4n) is 4.01. The number of nitrogens with one attached hydrogen (secondary N) is 2. The van der Waals surface area contributed by atoms with Crippen molar-refractivity contribution in [1.82, 2.24) is 15.5 Å². The number of hydrogen-bond acceptors (Lipinski definition) is 4. The van der Waals surface area contributed by atoms with Crippen molar-refractivity contribution in [2.75, 3.05) is 13.7 Å². The molecule has 3 rings (SSSR count). The third-order valence-electron chi connectivity index (χ3n) is 5.64. The van der Waals surface area contributed by atoms with E-state index in [0.717, 1.165) is 24.0 Å². The summed E-state index contributed by atoms with van der Waals surface area (Å²) in [6.07, 6.45) is 2.10. The van der Waals surface area contributed by atoms with E-state index >= 15 is 0 Å². The molecule has 2 aliphatic rings. The minimum Gasteiger partial charge on any atom is -0.396 e. The molecule has 3 amide bonds. The Labute approximate surface area is 173 Å². The molecule has 1 fully saturated rings. The van der Waals surface area contributed by atoms with Gasteiger partial charge in [-0.05, 0) is 48.4 Å². The predicted octanol–water partition coefficient (Wildman–Crippen LogP) is 1.47. The van der Waals surface area contributed by atoms with Crippen molar-refractivity contribution in [3.63, 3.8) is 0 Å². The van der Waals surface area contributed by atoms with Crippen LogP contribution < -0.4 is 10.6 Å². The van der Waals surface area contributed by atoms with E-state index in [1.165, 1.54) is 7.05 Å². The predicted molar refractivity (Wildman–Crippen MR) is 105 cm³/mol. The van der Waals surface area contributed by atoms with Crippen LogP contribution in [0.15, 0.2) is 12.1 Å². The van der Waals surface area contributed by atoms with Crippen molar-refractivity contribution >= 4 is 41.4 Å². The number of aliphatic hydroxyl groups is 1. The van der Waals surface area contributed by atoms with Gasteiger partial charge in [-0.3, -0.25) is 14.4 Å². The summed E-state index contributed by atoms with van der Waals surface area (Å²) in [5.41, 5.74) is 0.620. The van der Waals surface area contributed by atoms with E-state index in [2.05, 4.69) is 10.6 Å². The number of amides is 3. The number of carbonyl (C=O) groups is 3. The topological polar surface area (TPSA) is 98.7 Å². The Hall–Kier alpha value is -1.83. The summed E-state index contributed by atoms with van der Waals surface area (Å²) in [4.78, 5) is 38.5. The van der Waals surface area contributed by atoms with Gasteiger partial charge in [0, 0.05) is 20.1 Å². The number of fused-ring (bicyclic) bond motifs is 1. The largest absolute Gasteiger partial charge is 0.396 e. The van der Waals surface area contributed by atoms with Crippen LogP contribution in [0.2, 0.25) is 10.0 Å². The fraction of sp³-hybridized carbons (Fsp3) is 0.526. The van der Waals surface area contributed by atoms with Gasteiger partial charge in [-0.25, -0.2) is 0 Å². The van der Waals surface area contributed by atoms with E-state index in [1.807, 2.05) is 0 Å². The summed E-state index contributed by atoms with van der Waals surface area (Å²) in [5, 5.41) is 16.0. The maximum atomic E-state index is 13.1. The maximum absolute atomic E-state index is 13.1. The number of hydrogen-bond donors (Lipinski definition) is 3. The molecule has 2 unspecified atom stereocenters. The van der Waals surface area contributed by atoms with Crippen molar-refractivity contribution in [3.8, 4) is 0 Å². The van der Waals surface area contributed by atoms with E-state index in [-0.39, 0.29) is 24.2 Å². The highest BCUT2D eigenvalue weighted by Gasteiger charge is 2.52. The lowest BCUT2D eigenvalue weighted by molar-refractivity contribution is -0.141. The molecule has 7 nitrogen and oxygen atoms in total. The van der Waals surface area contributed by atoms with Gasteiger partial charge in [0.15, 0.2) is 0 Å². The molecule has 1 aromatic carbocycles. The van der Waals surface area contributed by atoms with Crippen molar-refractivity contribution in [1.29, 1.82) is 0 Å². The smallest absolute Gasteiger partial charge is 0.245 e. The minimum atomic E-state index is -1.20. The molecule has 0 radical (unpaired) electrons. The molecule has 2 atom stereocenters. The number of aliphatic hydroxyl groups excluding tert-OH is 1. The Morgan fingerprint density at radius 3 is 2.29 bits per heavy atom. The van der Waals surface area contributed by atoms with Crippen LogP contribution >= 0.6 is 23.2 Å². The van der Waals surface area contributed by atoms with Crippen LogP contribution in [0.25, 0.3) is 0 Å². The zero-order chi connectivity index (χ0) is 20.5. The SMILES string of the molecule is CNC(=O)C(CC(CO)C(=O)N1Cc2cc(Cl)c(Cl)cc2C1)(NC=O)C1CC1. The van der Waals surface area contributed by atoms with Gasteiger partial charge in [0.25, 0.3) is 0 Å². The van der Waals surface area contributed by atoms with Gasteiger partial charge >= 0.3 is 0 Å². The first-order chi connectivity index (χ1) is 13.4. The average molecular weight is 428 g/mol. The molecule has 9 heteroatoms. The van der Waals surface area contributed by atoms with Gasteiger partial charge in [-0.2, -0.15) is 0 Å². The first-order valence-electron chi connectivity index (χ1n) is 9.16. The van der Waals surface area contributed by atoms with E-state index in [1.54, 1.807) is 17.0 Å². The highest BCUT2D eigenvalue weighted by atomic mass is 35.5. The zero-order valence-electron chi connectivity index (χ0n) is 15.5. The quantitative estimate of drug-likeness (QED) is 0.547. The van der Waals surface area contributed by atoms with Crippen molar-refractivity contribution in [2.45, 2.75) is 37.9 Å². The third kappa shape index (κ3) is 3.83. The van der Waals surface area contributed by atoms with Crippen LogP contribution in [0.1, 0.15) is 30.4 Å². The van der Waals surface area contributed by atoms with Crippen molar-refractivity contribution in [2.24, 2.45) is 11.8 Å². The van der Waals surface area contributed by atoms with Gasteiger partial charge < -0.3 is 20.6 Å². The highest BCUT2D eigenvalue weighted by molar-refractivity contribution is 6.42. The molecule has 1 aromatic rings. The normalized spacial score (nSPS) is 18.8. The summed E-state index contributed by atoms with van der Waals surface area (Å²) in [7, 11) is 1.49. The summed E-state index contributed by atoms with van der Waals surface area (Å²) >= 11 is 12.1. The Balaban J connectivity index is 1.80. The van der Waals surface area contributed by atoms with Crippen LogP contribution in [0.3, 0.4) is 0 Å². The van der Waals surface area contributed by atoms with Crippen LogP contribution in [0, 0.1) is 11.8 Å². The number of carbonyl (C=O) groups excluding carboxylic acids is 3. The van der Waals surface area contributed by atoms with E-state index in [0.29, 0.717) is 29.5 Å². The van der Waals surface area contributed by atoms with Gasteiger partial charge in [-0.1, -0.05) is 23.2 Å². The fourth-order valence-corrected chi connectivity index (χ4v) is 4.39. The first kappa shape index (κ1) is 20.9. The van der Waals surface area contributed by atoms with Crippen LogP contribution in [0.4, 0.5) is 0 Å². The van der Waals surface area contributed by atoms with E-state index in [4.69, 9.17) is 23.2 Å². The van der Waals surface area contributed by atoms with Crippen LogP contribution in [0.5, 0.6) is 0 Å². The highest BCUT2D eigenvalue weighted by Crippen LogP contribution is 2.43. The number of nitrogens with zero attached hydrogens (tertiary/aromatic N) is 1. The second-order valence-corrected chi connectivity index (χ2v) is 8.21. The second kappa shape index (κ2) is 8.27. The second-order valence-electron chi connectivity index (χ2n) is 7.40. The molecular weight excluding hydrogens is 405 g/mol. The molecule has 0 saturated heterocycles. The number of halogens is 2. The first-order valence-corrected chi connectivity index (χ1v) is 9.91. The van der Waals surface area contributed by atoms with Gasteiger partial charge in [0.05, 0.1) is 22.6 Å². The number of likely N-dealkylation sites (N-methyl/N-ethyl adjacent to an activating group) is 1. The molecule has 3 N–H and O–H groups in total. The third-order valence-corrected chi connectivity index (χ3v) is 6.36. The molecule has 1 saturated carbocycles. The summed E-state index contributed by atoms with van der Waals surface area (Å²) in [6.45, 7) is 0.303. The summed E-state index contributed by atoms with van der Waals surface area (Å²) in [5.74, 6) is -1.48. The Kier molecular flexibility index (Phi) is 6.17. The van der Waals surface area contributed by atoms with Gasteiger partial charge in [0.1, 0.15) is 5.54 Å². The molecule has 152 valence electrons. The number of rotatable bonds is 8. The molecule has 1 heterocycles. The molecule has 1 aliphatic heterocycles. The Morgan fingerprint density at radius 1 is 1.29 bits per heavy atom. The Bertz CT molecular complexity index is 769. The van der Waals surface area contributed by atoms with Crippen molar-refractivity contribution < 1.29 is 19.5 Å². The van der Waals surface area contributed by atoms with Crippen molar-refractivity contribution in [3.05, 3.63) is 33.3 Å². The Morgan fingerprint density at radius 2 is 1.86 bits per heavy atom. The monoisotopic (exact) mass is 427 g/mol. The molecule has 28 heavy (non-hydrogen) atoms. The number of benzene rings is 1. The van der Waals surface area contributed by atoms with Crippen LogP contribution in [-0.4, -0.2) is 47.4 Å². The lowest BCUT2D eigenvalue weighted by Gasteiger charge is -2.35. The standard InChI is InChI=1S/C19H23Cl2N3O4/c1-22-18(28)19(23-10-26,14-2-3-14)6-13(9-25)17(27)24-7-11-4-15(20)16(21)5-12(11)8-24/h4-5,10,13-14,25H,2-3,6-9H2,1H3,(H,22,28)(H,23,26). The molecule has 0 spiro atoms. The lowest BCUT2D eigenvalue weighted by atomic mass is 9.81. The van der Waals surface area contributed by atoms with E-state index in [9.17, 15) is 19.5 Å².